The number of hydrogen-bond donors (Lipinski definition) is 1. The van der Waals surface area contributed by atoms with Gasteiger partial charge in [0.15, 0.2) is 0 Å². The van der Waals surface area contributed by atoms with Gasteiger partial charge in [-0.2, -0.15) is 0 Å². The Labute approximate surface area is 129 Å². The van der Waals surface area contributed by atoms with Gasteiger partial charge in [0, 0.05) is 19.0 Å². The number of halogens is 2. The molecule has 20 heavy (non-hydrogen) atoms. The van der Waals surface area contributed by atoms with E-state index in [0.717, 1.165) is 37.9 Å². The largest absolute Gasteiger partial charge is 0.389 e. The van der Waals surface area contributed by atoms with E-state index in [9.17, 15) is 9.50 Å². The third-order valence-corrected chi connectivity index (χ3v) is 5.12. The monoisotopic (exact) mass is 343 g/mol. The number of nitrogens with zero attached hydrogens (tertiary/aromatic N) is 1. The molecule has 0 aliphatic carbocycles. The standard InChI is InChI=1S/C16H23BrFNO/c1-12(2)19-9-4-7-16(20,8-10-19)11-13-5-3-6-14(18)15(13)17/h3,5-6,12,20H,4,7-11H2,1-2H3. The fraction of sp³-hybridized carbons (Fsp3) is 0.625. The van der Waals surface area contributed by atoms with Gasteiger partial charge in [0.1, 0.15) is 5.82 Å². The van der Waals surface area contributed by atoms with Crippen molar-refractivity contribution >= 4 is 15.9 Å². The Bertz CT molecular complexity index is 466. The lowest BCUT2D eigenvalue weighted by molar-refractivity contribution is 0.0247. The molecular weight excluding hydrogens is 321 g/mol. The van der Waals surface area contributed by atoms with E-state index in [0.29, 0.717) is 16.9 Å². The third-order valence-electron chi connectivity index (χ3n) is 4.23. The van der Waals surface area contributed by atoms with Gasteiger partial charge in [-0.05, 0) is 67.2 Å². The first-order valence-corrected chi connectivity index (χ1v) is 8.10. The summed E-state index contributed by atoms with van der Waals surface area (Å²) in [6.45, 7) is 6.31. The predicted octanol–water partition coefficient (Wildman–Crippen LogP) is 3.76. The van der Waals surface area contributed by atoms with E-state index in [1.54, 1.807) is 6.07 Å². The maximum absolute atomic E-state index is 13.6. The molecule has 0 radical (unpaired) electrons. The van der Waals surface area contributed by atoms with E-state index in [2.05, 4.69) is 34.7 Å². The molecule has 0 amide bonds. The molecule has 0 bridgehead atoms. The van der Waals surface area contributed by atoms with Crippen LogP contribution in [0.1, 0.15) is 38.7 Å². The molecule has 112 valence electrons. The van der Waals surface area contributed by atoms with Crippen molar-refractivity contribution in [2.75, 3.05) is 13.1 Å². The molecule has 1 unspecified atom stereocenters. The number of hydrogen-bond acceptors (Lipinski definition) is 2. The molecule has 1 saturated heterocycles. The van der Waals surface area contributed by atoms with Gasteiger partial charge in [0.05, 0.1) is 10.1 Å². The van der Waals surface area contributed by atoms with Crippen molar-refractivity contribution in [3.05, 3.63) is 34.1 Å². The highest BCUT2D eigenvalue weighted by Crippen LogP contribution is 2.30. The Morgan fingerprint density at radius 2 is 2.10 bits per heavy atom. The normalized spacial score (nSPS) is 24.9. The minimum Gasteiger partial charge on any atom is -0.389 e. The fourth-order valence-corrected chi connectivity index (χ4v) is 3.34. The molecule has 0 spiro atoms. The van der Waals surface area contributed by atoms with Gasteiger partial charge < -0.3 is 10.0 Å². The van der Waals surface area contributed by atoms with Crippen LogP contribution in [0, 0.1) is 5.82 Å². The van der Waals surface area contributed by atoms with Crippen LogP contribution in [-0.4, -0.2) is 34.7 Å². The van der Waals surface area contributed by atoms with Crippen LogP contribution in [0.15, 0.2) is 22.7 Å². The molecule has 1 aromatic carbocycles. The molecule has 0 aromatic heterocycles. The van der Waals surface area contributed by atoms with Crippen molar-refractivity contribution < 1.29 is 9.50 Å². The molecule has 4 heteroatoms. The number of likely N-dealkylation sites (tertiary alicyclic amines) is 1. The summed E-state index contributed by atoms with van der Waals surface area (Å²) in [5.74, 6) is -0.261. The van der Waals surface area contributed by atoms with E-state index in [1.165, 1.54) is 6.07 Å². The summed E-state index contributed by atoms with van der Waals surface area (Å²) in [4.78, 5) is 2.40. The Morgan fingerprint density at radius 3 is 2.80 bits per heavy atom. The van der Waals surface area contributed by atoms with Crippen LogP contribution in [-0.2, 0) is 6.42 Å². The summed E-state index contributed by atoms with van der Waals surface area (Å²) < 4.78 is 14.1. The van der Waals surface area contributed by atoms with Gasteiger partial charge in [-0.3, -0.25) is 0 Å². The lowest BCUT2D eigenvalue weighted by Crippen LogP contribution is -2.35. The van der Waals surface area contributed by atoms with Gasteiger partial charge in [0.25, 0.3) is 0 Å². The Morgan fingerprint density at radius 1 is 1.35 bits per heavy atom. The van der Waals surface area contributed by atoms with Crippen LogP contribution >= 0.6 is 15.9 Å². The SMILES string of the molecule is CC(C)N1CCCC(O)(Cc2cccc(F)c2Br)CC1. The van der Waals surface area contributed by atoms with Crippen LogP contribution in [0.3, 0.4) is 0 Å². The average molecular weight is 344 g/mol. The molecule has 1 atom stereocenters. The number of rotatable bonds is 3. The van der Waals surface area contributed by atoms with Gasteiger partial charge in [-0.25, -0.2) is 4.39 Å². The Balaban J connectivity index is 2.09. The molecule has 1 heterocycles. The highest BCUT2D eigenvalue weighted by molar-refractivity contribution is 9.10. The molecule has 2 nitrogen and oxygen atoms in total. The highest BCUT2D eigenvalue weighted by Gasteiger charge is 2.31. The molecule has 2 rings (SSSR count). The zero-order valence-corrected chi connectivity index (χ0v) is 13.8. The van der Waals surface area contributed by atoms with Gasteiger partial charge in [0.2, 0.25) is 0 Å². The van der Waals surface area contributed by atoms with E-state index < -0.39 is 5.60 Å². The summed E-state index contributed by atoms with van der Waals surface area (Å²) in [6, 6.07) is 5.54. The fourth-order valence-electron chi connectivity index (χ4n) is 2.93. The highest BCUT2D eigenvalue weighted by atomic mass is 79.9. The maximum atomic E-state index is 13.6. The zero-order chi connectivity index (χ0) is 14.8. The molecule has 1 fully saturated rings. The van der Waals surface area contributed by atoms with Gasteiger partial charge in [-0.15, -0.1) is 0 Å². The van der Waals surface area contributed by atoms with Crippen LogP contribution in [0.4, 0.5) is 4.39 Å². The predicted molar refractivity (Wildman–Crippen MR) is 83.3 cm³/mol. The van der Waals surface area contributed by atoms with Crippen molar-refractivity contribution in [1.29, 1.82) is 0 Å². The lowest BCUT2D eigenvalue weighted by Gasteiger charge is -2.28. The lowest BCUT2D eigenvalue weighted by atomic mass is 9.88. The van der Waals surface area contributed by atoms with Crippen molar-refractivity contribution in [2.45, 2.75) is 51.2 Å². The molecule has 1 aliphatic heterocycles. The molecular formula is C16H23BrFNO. The molecule has 1 aromatic rings. The quantitative estimate of drug-likeness (QED) is 0.903. The van der Waals surface area contributed by atoms with Crippen molar-refractivity contribution in [3.8, 4) is 0 Å². The summed E-state index contributed by atoms with van der Waals surface area (Å²) in [7, 11) is 0. The van der Waals surface area contributed by atoms with Crippen molar-refractivity contribution in [1.82, 2.24) is 4.90 Å². The topological polar surface area (TPSA) is 23.5 Å². The minimum absolute atomic E-state index is 0.261. The van der Waals surface area contributed by atoms with Crippen LogP contribution in [0.25, 0.3) is 0 Å². The summed E-state index contributed by atoms with van der Waals surface area (Å²) in [6.07, 6.45) is 3.02. The second-order valence-electron chi connectivity index (χ2n) is 6.10. The van der Waals surface area contributed by atoms with Gasteiger partial charge >= 0.3 is 0 Å². The van der Waals surface area contributed by atoms with Crippen LogP contribution < -0.4 is 0 Å². The smallest absolute Gasteiger partial charge is 0.137 e. The summed E-state index contributed by atoms with van der Waals surface area (Å²) in [5, 5.41) is 10.8. The van der Waals surface area contributed by atoms with Crippen molar-refractivity contribution in [3.63, 3.8) is 0 Å². The second kappa shape index (κ2) is 6.54. The van der Waals surface area contributed by atoms with E-state index in [-0.39, 0.29) is 5.82 Å². The molecule has 1 N–H and O–H groups in total. The van der Waals surface area contributed by atoms with Crippen molar-refractivity contribution in [2.24, 2.45) is 0 Å². The van der Waals surface area contributed by atoms with Gasteiger partial charge in [-0.1, -0.05) is 12.1 Å². The Kier molecular flexibility index (Phi) is 5.21. The molecule has 0 saturated carbocycles. The van der Waals surface area contributed by atoms with E-state index in [1.807, 2.05) is 6.07 Å². The Hall–Kier alpha value is -0.450. The minimum atomic E-state index is -0.722. The number of benzene rings is 1. The average Bonchev–Trinajstić information content (AvgIpc) is 2.57. The molecule has 1 aliphatic rings. The first-order chi connectivity index (χ1) is 9.41. The van der Waals surface area contributed by atoms with Crippen LogP contribution in [0.5, 0.6) is 0 Å². The first-order valence-electron chi connectivity index (χ1n) is 7.31. The van der Waals surface area contributed by atoms with E-state index in [4.69, 9.17) is 0 Å². The van der Waals surface area contributed by atoms with E-state index >= 15 is 0 Å². The number of aliphatic hydroxyl groups is 1. The zero-order valence-electron chi connectivity index (χ0n) is 12.2. The van der Waals surface area contributed by atoms with Crippen LogP contribution in [0.2, 0.25) is 0 Å². The maximum Gasteiger partial charge on any atom is 0.137 e. The summed E-state index contributed by atoms with van der Waals surface area (Å²) >= 11 is 3.29. The summed E-state index contributed by atoms with van der Waals surface area (Å²) in [5.41, 5.74) is 0.130. The first kappa shape index (κ1) is 15.9. The second-order valence-corrected chi connectivity index (χ2v) is 6.89. The third kappa shape index (κ3) is 3.80.